The SMILES string of the molecule is Cc1csc(-c2nc3n(c2-c2ccc4ncnn4c2)CCN3)n1. The molecule has 0 fully saturated rings. The summed E-state index contributed by atoms with van der Waals surface area (Å²) in [6, 6.07) is 4.04. The molecule has 114 valence electrons. The highest BCUT2D eigenvalue weighted by Crippen LogP contribution is 2.37. The first-order valence-corrected chi connectivity index (χ1v) is 8.24. The molecule has 0 bridgehead atoms. The summed E-state index contributed by atoms with van der Waals surface area (Å²) in [5.41, 5.74) is 4.92. The van der Waals surface area contributed by atoms with Crippen molar-refractivity contribution in [1.29, 1.82) is 0 Å². The zero-order chi connectivity index (χ0) is 15.4. The summed E-state index contributed by atoms with van der Waals surface area (Å²) in [7, 11) is 0. The monoisotopic (exact) mass is 323 g/mol. The minimum atomic E-state index is 0.833. The number of nitrogens with zero attached hydrogens (tertiary/aromatic N) is 6. The molecule has 8 heteroatoms. The summed E-state index contributed by atoms with van der Waals surface area (Å²) in [5, 5.41) is 10.6. The number of aromatic nitrogens is 6. The first kappa shape index (κ1) is 12.8. The average molecular weight is 323 g/mol. The number of rotatable bonds is 2. The van der Waals surface area contributed by atoms with Gasteiger partial charge in [0.25, 0.3) is 0 Å². The molecule has 4 aromatic heterocycles. The van der Waals surface area contributed by atoms with Gasteiger partial charge in [-0.05, 0) is 19.1 Å². The molecule has 0 amide bonds. The zero-order valence-corrected chi connectivity index (χ0v) is 13.2. The zero-order valence-electron chi connectivity index (χ0n) is 12.4. The Morgan fingerprint density at radius 1 is 1.26 bits per heavy atom. The van der Waals surface area contributed by atoms with Crippen molar-refractivity contribution in [1.82, 2.24) is 29.1 Å². The highest BCUT2D eigenvalue weighted by molar-refractivity contribution is 7.13. The second kappa shape index (κ2) is 4.63. The Kier molecular flexibility index (Phi) is 2.57. The normalized spacial score (nSPS) is 13.4. The quantitative estimate of drug-likeness (QED) is 0.613. The Balaban J connectivity index is 1.77. The van der Waals surface area contributed by atoms with Gasteiger partial charge in [0.1, 0.15) is 17.0 Å². The number of nitrogens with one attached hydrogen (secondary N) is 1. The van der Waals surface area contributed by atoms with Crippen molar-refractivity contribution in [3.8, 4) is 22.0 Å². The summed E-state index contributed by atoms with van der Waals surface area (Å²) in [4.78, 5) is 13.6. The number of anilines is 1. The van der Waals surface area contributed by atoms with Gasteiger partial charge in [0.15, 0.2) is 5.65 Å². The van der Waals surface area contributed by atoms with E-state index in [1.54, 1.807) is 22.2 Å². The number of imidazole rings is 1. The molecule has 0 saturated carbocycles. The van der Waals surface area contributed by atoms with Crippen LogP contribution in [0.15, 0.2) is 30.0 Å². The maximum atomic E-state index is 4.77. The Labute approximate surface area is 135 Å². The van der Waals surface area contributed by atoms with E-state index in [9.17, 15) is 0 Å². The third-order valence-electron chi connectivity index (χ3n) is 3.96. The molecule has 0 aromatic carbocycles. The first-order chi connectivity index (χ1) is 11.3. The molecule has 1 aliphatic rings. The van der Waals surface area contributed by atoms with Crippen molar-refractivity contribution in [2.24, 2.45) is 0 Å². The van der Waals surface area contributed by atoms with Gasteiger partial charge in [0.2, 0.25) is 5.95 Å². The van der Waals surface area contributed by atoms with E-state index in [2.05, 4.69) is 36.4 Å². The molecule has 0 aliphatic carbocycles. The van der Waals surface area contributed by atoms with Crippen LogP contribution in [0.5, 0.6) is 0 Å². The number of pyridine rings is 1. The molecular formula is C15H13N7S. The minimum Gasteiger partial charge on any atom is -0.354 e. The van der Waals surface area contributed by atoms with E-state index in [0.717, 1.165) is 52.3 Å². The van der Waals surface area contributed by atoms with Crippen molar-refractivity contribution in [3.63, 3.8) is 0 Å². The molecule has 0 radical (unpaired) electrons. The molecule has 4 aromatic rings. The number of fused-ring (bicyclic) bond motifs is 2. The van der Waals surface area contributed by atoms with Gasteiger partial charge in [0, 0.05) is 35.9 Å². The fraction of sp³-hybridized carbons (Fsp3) is 0.200. The van der Waals surface area contributed by atoms with Gasteiger partial charge in [-0.3, -0.25) is 0 Å². The Bertz CT molecular complexity index is 1030. The fourth-order valence-corrected chi connectivity index (χ4v) is 3.73. The van der Waals surface area contributed by atoms with E-state index >= 15 is 0 Å². The van der Waals surface area contributed by atoms with Gasteiger partial charge in [0.05, 0.1) is 5.69 Å². The second-order valence-electron chi connectivity index (χ2n) is 5.49. The van der Waals surface area contributed by atoms with Crippen LogP contribution < -0.4 is 5.32 Å². The van der Waals surface area contributed by atoms with E-state index in [1.165, 1.54) is 0 Å². The van der Waals surface area contributed by atoms with Crippen molar-refractivity contribution < 1.29 is 0 Å². The van der Waals surface area contributed by atoms with Gasteiger partial charge >= 0.3 is 0 Å². The molecule has 7 nitrogen and oxygen atoms in total. The van der Waals surface area contributed by atoms with Gasteiger partial charge in [-0.15, -0.1) is 11.3 Å². The third kappa shape index (κ3) is 1.88. The van der Waals surface area contributed by atoms with Crippen LogP contribution in [-0.2, 0) is 6.54 Å². The molecular weight excluding hydrogens is 310 g/mol. The molecule has 1 aliphatic heterocycles. The smallest absolute Gasteiger partial charge is 0.204 e. The molecule has 0 spiro atoms. The molecule has 23 heavy (non-hydrogen) atoms. The van der Waals surface area contributed by atoms with Crippen molar-refractivity contribution in [2.45, 2.75) is 13.5 Å². The Morgan fingerprint density at radius 2 is 2.22 bits per heavy atom. The van der Waals surface area contributed by atoms with Crippen molar-refractivity contribution in [2.75, 3.05) is 11.9 Å². The van der Waals surface area contributed by atoms with Crippen molar-refractivity contribution in [3.05, 3.63) is 35.7 Å². The van der Waals surface area contributed by atoms with E-state index in [0.29, 0.717) is 0 Å². The highest BCUT2D eigenvalue weighted by atomic mass is 32.1. The van der Waals surface area contributed by atoms with Crippen LogP contribution in [0.1, 0.15) is 5.69 Å². The number of thiazole rings is 1. The van der Waals surface area contributed by atoms with Crippen LogP contribution in [0, 0.1) is 6.92 Å². The van der Waals surface area contributed by atoms with E-state index in [-0.39, 0.29) is 0 Å². The van der Waals surface area contributed by atoms with Crippen molar-refractivity contribution >= 4 is 22.9 Å². The summed E-state index contributed by atoms with van der Waals surface area (Å²) in [6.45, 7) is 3.80. The first-order valence-electron chi connectivity index (χ1n) is 7.36. The highest BCUT2D eigenvalue weighted by Gasteiger charge is 2.24. The lowest BCUT2D eigenvalue weighted by molar-refractivity contribution is 0.816. The molecule has 5 rings (SSSR count). The standard InChI is InChI=1S/C15H13N7S/c1-9-7-23-14(19-9)12-13(21-5-4-16-15(21)20-12)10-2-3-11-17-8-18-22(11)6-10/h2-3,6-8H,4-5H2,1H3,(H,16,20). The number of hydrogen-bond donors (Lipinski definition) is 1. The summed E-state index contributed by atoms with van der Waals surface area (Å²) in [6.07, 6.45) is 3.56. The molecule has 5 heterocycles. The lowest BCUT2D eigenvalue weighted by atomic mass is 10.1. The lowest BCUT2D eigenvalue weighted by Crippen LogP contribution is -1.99. The van der Waals surface area contributed by atoms with E-state index < -0.39 is 0 Å². The van der Waals surface area contributed by atoms with Crippen LogP contribution in [-0.4, -0.2) is 35.7 Å². The topological polar surface area (TPSA) is 72.9 Å². The maximum absolute atomic E-state index is 4.77. The van der Waals surface area contributed by atoms with E-state index in [1.807, 2.05) is 19.2 Å². The van der Waals surface area contributed by atoms with Crippen LogP contribution in [0.2, 0.25) is 0 Å². The predicted molar refractivity (Wildman–Crippen MR) is 88.5 cm³/mol. The third-order valence-corrected chi connectivity index (χ3v) is 4.92. The minimum absolute atomic E-state index is 0.833. The number of aryl methyl sites for hydroxylation is 1. The second-order valence-corrected chi connectivity index (χ2v) is 6.34. The van der Waals surface area contributed by atoms with Gasteiger partial charge in [-0.2, -0.15) is 5.10 Å². The largest absolute Gasteiger partial charge is 0.354 e. The number of hydrogen-bond acceptors (Lipinski definition) is 6. The molecule has 0 saturated heterocycles. The van der Waals surface area contributed by atoms with Crippen LogP contribution in [0.4, 0.5) is 5.95 Å². The Hall–Kier alpha value is -2.74. The van der Waals surface area contributed by atoms with Crippen LogP contribution in [0.3, 0.4) is 0 Å². The maximum Gasteiger partial charge on any atom is 0.204 e. The lowest BCUT2D eigenvalue weighted by Gasteiger charge is -2.06. The summed E-state index contributed by atoms with van der Waals surface area (Å²) in [5.74, 6) is 0.904. The Morgan fingerprint density at radius 3 is 3.09 bits per heavy atom. The van der Waals surface area contributed by atoms with Gasteiger partial charge in [-0.1, -0.05) is 0 Å². The average Bonchev–Trinajstić information content (AvgIpc) is 3.29. The molecule has 0 atom stereocenters. The fourth-order valence-electron chi connectivity index (χ4n) is 2.95. The van der Waals surface area contributed by atoms with Gasteiger partial charge in [-0.25, -0.2) is 19.5 Å². The van der Waals surface area contributed by atoms with Gasteiger partial charge < -0.3 is 9.88 Å². The molecule has 0 unspecified atom stereocenters. The van der Waals surface area contributed by atoms with Crippen LogP contribution >= 0.6 is 11.3 Å². The summed E-state index contributed by atoms with van der Waals surface area (Å²) < 4.78 is 4.00. The van der Waals surface area contributed by atoms with E-state index in [4.69, 9.17) is 4.98 Å². The van der Waals surface area contributed by atoms with Crippen LogP contribution in [0.25, 0.3) is 27.6 Å². The summed E-state index contributed by atoms with van der Waals surface area (Å²) >= 11 is 1.62. The molecule has 1 N–H and O–H groups in total. The predicted octanol–water partition coefficient (Wildman–Crippen LogP) is 2.45.